The molecule has 0 atom stereocenters. The zero-order valence-electron chi connectivity index (χ0n) is 16.2. The van der Waals surface area contributed by atoms with Gasteiger partial charge in [-0.1, -0.05) is 60.7 Å². The first-order chi connectivity index (χ1) is 13.5. The van der Waals surface area contributed by atoms with Gasteiger partial charge in [0.25, 0.3) is 0 Å². The third-order valence-electron chi connectivity index (χ3n) is 4.77. The van der Waals surface area contributed by atoms with Crippen LogP contribution >= 0.6 is 0 Å². The molecule has 0 aromatic heterocycles. The fourth-order valence-electron chi connectivity index (χ4n) is 3.15. The van der Waals surface area contributed by atoms with Gasteiger partial charge in [-0.3, -0.25) is 9.59 Å². The molecule has 0 radical (unpaired) electrons. The number of nitrogens with one attached hydrogen (secondary N) is 3. The quantitative estimate of drug-likeness (QED) is 0.726. The monoisotopic (exact) mass is 375 g/mol. The van der Waals surface area contributed by atoms with Crippen LogP contribution in [0.2, 0.25) is 0 Å². The van der Waals surface area contributed by atoms with Crippen molar-refractivity contribution < 1.29 is 9.59 Å². The molecule has 0 bridgehead atoms. The molecular weight excluding hydrogens is 350 g/mol. The summed E-state index contributed by atoms with van der Waals surface area (Å²) < 4.78 is 0. The number of benzene rings is 2. The van der Waals surface area contributed by atoms with Gasteiger partial charge in [0, 0.05) is 42.1 Å². The first-order valence-corrected chi connectivity index (χ1v) is 9.35. The smallest absolute Gasteiger partial charge is 0.249 e. The number of hydrogen-bond donors (Lipinski definition) is 3. The number of dihydropyridines is 1. The zero-order valence-corrected chi connectivity index (χ0v) is 16.2. The lowest BCUT2D eigenvalue weighted by atomic mass is 9.96. The highest BCUT2D eigenvalue weighted by Gasteiger charge is 2.24. The molecule has 0 unspecified atom stereocenters. The predicted molar refractivity (Wildman–Crippen MR) is 110 cm³/mol. The van der Waals surface area contributed by atoms with Crippen LogP contribution in [0, 0.1) is 0 Å². The van der Waals surface area contributed by atoms with Crippen LogP contribution < -0.4 is 16.0 Å². The van der Waals surface area contributed by atoms with Crippen molar-refractivity contribution in [2.75, 3.05) is 0 Å². The van der Waals surface area contributed by atoms with E-state index in [9.17, 15) is 9.59 Å². The van der Waals surface area contributed by atoms with E-state index in [4.69, 9.17) is 0 Å². The summed E-state index contributed by atoms with van der Waals surface area (Å²) in [6.07, 6.45) is 0.311. The first-order valence-electron chi connectivity index (χ1n) is 9.35. The molecule has 144 valence electrons. The van der Waals surface area contributed by atoms with Crippen molar-refractivity contribution in [3.8, 4) is 0 Å². The third kappa shape index (κ3) is 4.88. The highest BCUT2D eigenvalue weighted by atomic mass is 16.2. The fourth-order valence-corrected chi connectivity index (χ4v) is 3.15. The molecule has 3 rings (SSSR count). The van der Waals surface area contributed by atoms with Gasteiger partial charge in [-0.25, -0.2) is 0 Å². The van der Waals surface area contributed by atoms with E-state index in [1.54, 1.807) is 0 Å². The summed E-state index contributed by atoms with van der Waals surface area (Å²) in [6, 6.07) is 19.5. The van der Waals surface area contributed by atoms with E-state index in [-0.39, 0.29) is 11.8 Å². The van der Waals surface area contributed by atoms with Crippen LogP contribution in [0.1, 0.15) is 31.4 Å². The number of rotatable bonds is 6. The van der Waals surface area contributed by atoms with Crippen molar-refractivity contribution in [2.45, 2.75) is 33.4 Å². The normalized spacial score (nSPS) is 13.8. The van der Waals surface area contributed by atoms with Crippen molar-refractivity contribution in [3.05, 3.63) is 94.3 Å². The summed E-state index contributed by atoms with van der Waals surface area (Å²) in [5.74, 6) is -0.315. The van der Waals surface area contributed by atoms with Gasteiger partial charge in [-0.05, 0) is 25.0 Å². The lowest BCUT2D eigenvalue weighted by Crippen LogP contribution is -2.34. The van der Waals surface area contributed by atoms with Crippen LogP contribution in [0.5, 0.6) is 0 Å². The highest BCUT2D eigenvalue weighted by Crippen LogP contribution is 2.23. The number of carbonyl (C=O) groups is 2. The Bertz CT molecular complexity index is 840. The maximum absolute atomic E-state index is 12.7. The van der Waals surface area contributed by atoms with Gasteiger partial charge in [0.15, 0.2) is 0 Å². The van der Waals surface area contributed by atoms with Crippen molar-refractivity contribution in [1.29, 1.82) is 0 Å². The molecule has 3 N–H and O–H groups in total. The Morgan fingerprint density at radius 1 is 0.750 bits per heavy atom. The molecule has 0 saturated carbocycles. The van der Waals surface area contributed by atoms with Crippen LogP contribution in [0.4, 0.5) is 0 Å². The summed E-state index contributed by atoms with van der Waals surface area (Å²) in [4.78, 5) is 25.3. The van der Waals surface area contributed by atoms with Crippen LogP contribution in [-0.4, -0.2) is 11.8 Å². The Labute approximate surface area is 165 Å². The van der Waals surface area contributed by atoms with Gasteiger partial charge in [0.05, 0.1) is 0 Å². The lowest BCUT2D eigenvalue weighted by Gasteiger charge is -2.23. The Morgan fingerprint density at radius 2 is 1.14 bits per heavy atom. The number of allylic oxidation sites excluding steroid dienone is 2. The SMILES string of the molecule is CC1=C(C(=O)NCc2ccccc2)CC(C(=O)NCc2ccccc2)=C(C)N1. The van der Waals surface area contributed by atoms with E-state index in [2.05, 4.69) is 16.0 Å². The van der Waals surface area contributed by atoms with Crippen LogP contribution in [0.15, 0.2) is 83.2 Å². The molecule has 0 aliphatic carbocycles. The molecule has 28 heavy (non-hydrogen) atoms. The number of amides is 2. The Kier molecular flexibility index (Phi) is 6.27. The number of carbonyl (C=O) groups excluding carboxylic acids is 2. The second-order valence-corrected chi connectivity index (χ2v) is 6.85. The largest absolute Gasteiger partial charge is 0.362 e. The van der Waals surface area contributed by atoms with Gasteiger partial charge in [0.1, 0.15) is 0 Å². The molecular formula is C23H25N3O2. The Hall–Kier alpha value is -3.34. The summed E-state index contributed by atoms with van der Waals surface area (Å²) in [5.41, 5.74) is 4.80. The average Bonchev–Trinajstić information content (AvgIpc) is 2.72. The minimum absolute atomic E-state index is 0.158. The average molecular weight is 375 g/mol. The number of hydrogen-bond acceptors (Lipinski definition) is 3. The molecule has 2 aromatic rings. The van der Waals surface area contributed by atoms with E-state index < -0.39 is 0 Å². The summed E-state index contributed by atoms with van der Waals surface area (Å²) in [5, 5.41) is 9.06. The van der Waals surface area contributed by atoms with Gasteiger partial charge in [-0.2, -0.15) is 0 Å². The predicted octanol–water partition coefficient (Wildman–Crippen LogP) is 3.16. The van der Waals surface area contributed by atoms with Gasteiger partial charge in [-0.15, -0.1) is 0 Å². The maximum Gasteiger partial charge on any atom is 0.249 e. The van der Waals surface area contributed by atoms with Crippen LogP contribution in [-0.2, 0) is 22.7 Å². The van der Waals surface area contributed by atoms with Crippen molar-refractivity contribution >= 4 is 11.8 Å². The van der Waals surface area contributed by atoms with E-state index in [1.807, 2.05) is 74.5 Å². The molecule has 0 spiro atoms. The van der Waals surface area contributed by atoms with E-state index in [0.29, 0.717) is 30.7 Å². The minimum Gasteiger partial charge on any atom is -0.362 e. The van der Waals surface area contributed by atoms with Gasteiger partial charge in [0.2, 0.25) is 11.8 Å². The molecule has 1 aliphatic rings. The fraction of sp³-hybridized carbons (Fsp3) is 0.217. The topological polar surface area (TPSA) is 70.2 Å². The minimum atomic E-state index is -0.158. The molecule has 5 nitrogen and oxygen atoms in total. The van der Waals surface area contributed by atoms with Gasteiger partial charge < -0.3 is 16.0 Å². The van der Waals surface area contributed by atoms with Crippen molar-refractivity contribution in [3.63, 3.8) is 0 Å². The summed E-state index contributed by atoms with van der Waals surface area (Å²) in [7, 11) is 0. The van der Waals surface area contributed by atoms with Gasteiger partial charge >= 0.3 is 0 Å². The zero-order chi connectivity index (χ0) is 19.9. The maximum atomic E-state index is 12.7. The third-order valence-corrected chi connectivity index (χ3v) is 4.77. The second kappa shape index (κ2) is 9.04. The first kappa shape index (κ1) is 19.4. The summed E-state index contributed by atoms with van der Waals surface area (Å²) >= 11 is 0. The van der Waals surface area contributed by atoms with Crippen molar-refractivity contribution in [1.82, 2.24) is 16.0 Å². The Morgan fingerprint density at radius 3 is 1.54 bits per heavy atom. The molecule has 0 fully saturated rings. The van der Waals surface area contributed by atoms with E-state index in [1.165, 1.54) is 0 Å². The van der Waals surface area contributed by atoms with E-state index in [0.717, 1.165) is 22.5 Å². The lowest BCUT2D eigenvalue weighted by molar-refractivity contribution is -0.118. The highest BCUT2D eigenvalue weighted by molar-refractivity contribution is 6.00. The Balaban J connectivity index is 1.62. The van der Waals surface area contributed by atoms with Crippen LogP contribution in [0.25, 0.3) is 0 Å². The molecule has 1 heterocycles. The molecule has 1 aliphatic heterocycles. The molecule has 5 heteroatoms. The van der Waals surface area contributed by atoms with Crippen molar-refractivity contribution in [2.24, 2.45) is 0 Å². The van der Waals surface area contributed by atoms with Crippen LogP contribution in [0.3, 0.4) is 0 Å². The molecule has 0 saturated heterocycles. The second-order valence-electron chi connectivity index (χ2n) is 6.85. The summed E-state index contributed by atoms with van der Waals surface area (Å²) in [6.45, 7) is 4.63. The molecule has 2 amide bonds. The standard InChI is InChI=1S/C23H25N3O2/c1-16-20(22(27)24-14-18-9-5-3-6-10-18)13-21(17(2)26-16)23(28)25-15-19-11-7-4-8-12-19/h3-12,26H,13-15H2,1-2H3,(H,24,27)(H,25,28). The molecule has 2 aromatic carbocycles. The van der Waals surface area contributed by atoms with E-state index >= 15 is 0 Å².